The Morgan fingerprint density at radius 3 is 2.43 bits per heavy atom. The van der Waals surface area contributed by atoms with Gasteiger partial charge in [0.25, 0.3) is 11.5 Å². The quantitative estimate of drug-likeness (QED) is 0.257. The van der Waals surface area contributed by atoms with E-state index in [0.29, 0.717) is 13.1 Å². The number of benzene rings is 2. The minimum atomic E-state index is -0.904. The molecular weight excluding hydrogens is 482 g/mol. The van der Waals surface area contributed by atoms with Crippen LogP contribution in [0.1, 0.15) is 16.7 Å². The second-order valence-electron chi connectivity index (χ2n) is 8.06. The Kier molecular flexibility index (Phi) is 9.68. The first kappa shape index (κ1) is 27.3. The molecule has 0 aliphatic rings. The molecule has 1 amide bonds. The lowest BCUT2D eigenvalue weighted by Crippen LogP contribution is -2.31. The minimum absolute atomic E-state index is 0.0364. The van der Waals surface area contributed by atoms with Gasteiger partial charge < -0.3 is 30.1 Å². The number of ether oxygens (including phenoxy) is 2. The predicted molar refractivity (Wildman–Crippen MR) is 136 cm³/mol. The highest BCUT2D eigenvalue weighted by Gasteiger charge is 2.18. The number of hydrogen-bond acceptors (Lipinski definition) is 6. The first-order valence-electron chi connectivity index (χ1n) is 11.4. The zero-order valence-corrected chi connectivity index (χ0v) is 20.5. The summed E-state index contributed by atoms with van der Waals surface area (Å²) in [6, 6.07) is 14.8. The predicted octanol–water partition coefficient (Wildman–Crippen LogP) is 3.14. The summed E-state index contributed by atoms with van der Waals surface area (Å²) in [7, 11) is 2.65. The number of halogens is 2. The van der Waals surface area contributed by atoms with Crippen LogP contribution in [0.5, 0.6) is 5.75 Å². The molecule has 0 saturated heterocycles. The van der Waals surface area contributed by atoms with Crippen LogP contribution >= 0.6 is 0 Å². The summed E-state index contributed by atoms with van der Waals surface area (Å²) in [5.41, 5.74) is 1.27. The second-order valence-corrected chi connectivity index (χ2v) is 8.06. The van der Waals surface area contributed by atoms with E-state index in [2.05, 4.69) is 10.6 Å². The Labute approximate surface area is 213 Å². The fourth-order valence-corrected chi connectivity index (χ4v) is 3.49. The third-order valence-corrected chi connectivity index (χ3v) is 5.48. The summed E-state index contributed by atoms with van der Waals surface area (Å²) >= 11 is 0. The molecule has 10 heteroatoms. The van der Waals surface area contributed by atoms with Crippen LogP contribution in [0.3, 0.4) is 0 Å². The van der Waals surface area contributed by atoms with Crippen molar-refractivity contribution in [3.63, 3.8) is 0 Å². The number of methoxy groups -OCH3 is 2. The lowest BCUT2D eigenvalue weighted by Gasteiger charge is -2.13. The third-order valence-electron chi connectivity index (χ3n) is 5.48. The van der Waals surface area contributed by atoms with Crippen molar-refractivity contribution in [1.82, 2.24) is 15.2 Å². The summed E-state index contributed by atoms with van der Waals surface area (Å²) in [6.07, 6.45) is 3.09. The minimum Gasteiger partial charge on any atom is -0.494 e. The van der Waals surface area contributed by atoms with Crippen molar-refractivity contribution in [2.45, 2.75) is 19.6 Å². The number of hydrogen-bond donors (Lipinski definition) is 3. The third kappa shape index (κ3) is 7.34. The standard InChI is InChI=1S/C27H28F2N4O4/c1-36-17-23(30)21(27(35)32-15-20-22(28)10-11-24(37-2)26(20)29)14-31-13-18-6-8-19(9-7-18)16-33-12-4-3-5-25(33)34/h3-12,14,30-31H,13,15-17H2,1-2H3,(H,32,35)/b21-14+,30-23?. The Bertz CT molecular complexity index is 1340. The summed E-state index contributed by atoms with van der Waals surface area (Å²) < 4.78 is 39.9. The van der Waals surface area contributed by atoms with Crippen molar-refractivity contribution in [1.29, 1.82) is 5.41 Å². The van der Waals surface area contributed by atoms with E-state index in [1.807, 2.05) is 24.3 Å². The summed E-state index contributed by atoms with van der Waals surface area (Å²) in [5, 5.41) is 13.6. The van der Waals surface area contributed by atoms with Crippen molar-refractivity contribution >= 4 is 11.6 Å². The number of nitrogens with one attached hydrogen (secondary N) is 3. The molecule has 0 fully saturated rings. The molecule has 0 bridgehead atoms. The van der Waals surface area contributed by atoms with E-state index in [-0.39, 0.29) is 34.8 Å². The summed E-state index contributed by atoms with van der Waals surface area (Å²) in [6.45, 7) is 0.232. The number of rotatable bonds is 12. The van der Waals surface area contributed by atoms with Gasteiger partial charge in [0.05, 0.1) is 31.5 Å². The Balaban J connectivity index is 1.65. The van der Waals surface area contributed by atoms with E-state index in [0.717, 1.165) is 23.3 Å². The summed E-state index contributed by atoms with van der Waals surface area (Å²) in [4.78, 5) is 24.7. The number of amides is 1. The van der Waals surface area contributed by atoms with Gasteiger partial charge in [-0.15, -0.1) is 0 Å². The molecule has 0 atom stereocenters. The fraction of sp³-hybridized carbons (Fsp3) is 0.222. The fourth-order valence-electron chi connectivity index (χ4n) is 3.49. The van der Waals surface area contributed by atoms with Crippen molar-refractivity contribution in [2.24, 2.45) is 0 Å². The second kappa shape index (κ2) is 13.1. The van der Waals surface area contributed by atoms with Crippen LogP contribution in [0.4, 0.5) is 8.78 Å². The Morgan fingerprint density at radius 2 is 1.76 bits per heavy atom. The molecule has 2 aromatic carbocycles. The van der Waals surface area contributed by atoms with Crippen LogP contribution in [-0.2, 0) is 29.2 Å². The molecule has 3 rings (SSSR count). The van der Waals surface area contributed by atoms with Gasteiger partial charge in [0.15, 0.2) is 11.6 Å². The molecule has 8 nitrogen and oxygen atoms in total. The normalized spacial score (nSPS) is 11.2. The van der Waals surface area contributed by atoms with Gasteiger partial charge in [-0.05, 0) is 29.3 Å². The molecule has 0 saturated carbocycles. The molecule has 1 heterocycles. The van der Waals surface area contributed by atoms with Gasteiger partial charge >= 0.3 is 0 Å². The van der Waals surface area contributed by atoms with Gasteiger partial charge in [-0.25, -0.2) is 8.78 Å². The highest BCUT2D eigenvalue weighted by atomic mass is 19.1. The maximum absolute atomic E-state index is 14.4. The smallest absolute Gasteiger partial charge is 0.254 e. The average Bonchev–Trinajstić information content (AvgIpc) is 2.89. The molecule has 0 aliphatic carbocycles. The molecule has 3 N–H and O–H groups in total. The van der Waals surface area contributed by atoms with E-state index < -0.39 is 24.1 Å². The van der Waals surface area contributed by atoms with Crippen LogP contribution < -0.4 is 20.9 Å². The van der Waals surface area contributed by atoms with Crippen molar-refractivity contribution in [2.75, 3.05) is 20.8 Å². The molecular formula is C27H28F2N4O4. The van der Waals surface area contributed by atoms with Gasteiger partial charge in [0, 0.05) is 44.2 Å². The van der Waals surface area contributed by atoms with Gasteiger partial charge in [-0.3, -0.25) is 9.59 Å². The molecule has 0 unspecified atom stereocenters. The lowest BCUT2D eigenvalue weighted by atomic mass is 10.1. The zero-order valence-electron chi connectivity index (χ0n) is 20.5. The first-order valence-corrected chi connectivity index (χ1v) is 11.4. The van der Waals surface area contributed by atoms with Crippen LogP contribution in [0.25, 0.3) is 0 Å². The van der Waals surface area contributed by atoms with Crippen LogP contribution in [-0.4, -0.2) is 37.0 Å². The zero-order chi connectivity index (χ0) is 26.8. The van der Waals surface area contributed by atoms with Gasteiger partial charge in [0.2, 0.25) is 0 Å². The number of carbonyl (C=O) groups excluding carboxylic acids is 1. The van der Waals surface area contributed by atoms with Crippen LogP contribution in [0, 0.1) is 17.0 Å². The van der Waals surface area contributed by atoms with E-state index >= 15 is 0 Å². The highest BCUT2D eigenvalue weighted by molar-refractivity contribution is 6.20. The summed E-state index contributed by atoms with van der Waals surface area (Å²) in [5.74, 6) is -2.56. The van der Waals surface area contributed by atoms with E-state index in [1.54, 1.807) is 22.9 Å². The van der Waals surface area contributed by atoms with Crippen molar-refractivity contribution < 1.29 is 23.0 Å². The SMILES string of the molecule is COCC(=N)/C(=C\NCc1ccc(Cn2ccccc2=O)cc1)C(=O)NCc1c(F)ccc(OC)c1F. The van der Waals surface area contributed by atoms with Crippen molar-refractivity contribution in [3.05, 3.63) is 111 Å². The lowest BCUT2D eigenvalue weighted by molar-refractivity contribution is -0.117. The van der Waals surface area contributed by atoms with Crippen LogP contribution in [0.15, 0.2) is 77.4 Å². The average molecular weight is 511 g/mol. The Morgan fingerprint density at radius 1 is 1.03 bits per heavy atom. The molecule has 1 aromatic heterocycles. The molecule has 0 aliphatic heterocycles. The first-order chi connectivity index (χ1) is 17.8. The van der Waals surface area contributed by atoms with Gasteiger partial charge in [0.1, 0.15) is 5.82 Å². The highest BCUT2D eigenvalue weighted by Crippen LogP contribution is 2.22. The molecule has 0 spiro atoms. The number of aromatic nitrogens is 1. The molecule has 194 valence electrons. The number of carbonyl (C=O) groups is 1. The van der Waals surface area contributed by atoms with Gasteiger partial charge in [-0.2, -0.15) is 0 Å². The van der Waals surface area contributed by atoms with Crippen LogP contribution in [0.2, 0.25) is 0 Å². The molecule has 37 heavy (non-hydrogen) atoms. The largest absolute Gasteiger partial charge is 0.494 e. The molecule has 0 radical (unpaired) electrons. The monoisotopic (exact) mass is 510 g/mol. The topological polar surface area (TPSA) is 105 Å². The van der Waals surface area contributed by atoms with Gasteiger partial charge in [-0.1, -0.05) is 30.3 Å². The number of pyridine rings is 1. The maximum atomic E-state index is 14.4. The maximum Gasteiger partial charge on any atom is 0.254 e. The Hall–Kier alpha value is -4.31. The van der Waals surface area contributed by atoms with E-state index in [1.165, 1.54) is 26.5 Å². The number of nitrogens with zero attached hydrogens (tertiary/aromatic N) is 1. The van der Waals surface area contributed by atoms with E-state index in [4.69, 9.17) is 14.9 Å². The van der Waals surface area contributed by atoms with Crippen molar-refractivity contribution in [3.8, 4) is 5.75 Å². The van der Waals surface area contributed by atoms with E-state index in [9.17, 15) is 18.4 Å². The molecule has 3 aromatic rings.